The average Bonchev–Trinajstić information content (AvgIpc) is 2.51. The Kier molecular flexibility index (Phi) is 3.52. The fourth-order valence-electron chi connectivity index (χ4n) is 2.59. The van der Waals surface area contributed by atoms with Crippen LogP contribution >= 0.6 is 0 Å². The number of rotatable bonds is 1. The lowest BCUT2D eigenvalue weighted by molar-refractivity contribution is -0.123. The van der Waals surface area contributed by atoms with E-state index in [2.05, 4.69) is 5.32 Å². The molecule has 0 bridgehead atoms. The Morgan fingerprint density at radius 1 is 0.875 bits per heavy atom. The number of carbonyl (C=O) groups is 3. The van der Waals surface area contributed by atoms with Gasteiger partial charge in [0.25, 0.3) is 0 Å². The molecule has 3 rings (SSSR count). The van der Waals surface area contributed by atoms with E-state index in [0.717, 1.165) is 0 Å². The van der Waals surface area contributed by atoms with Gasteiger partial charge in [-0.3, -0.25) is 14.4 Å². The van der Waals surface area contributed by atoms with Crippen LogP contribution in [0.4, 0.5) is 11.4 Å². The van der Waals surface area contributed by atoms with Crippen LogP contribution in [0.15, 0.2) is 36.4 Å². The van der Waals surface area contributed by atoms with Gasteiger partial charge in [-0.1, -0.05) is 32.9 Å². The normalized spacial score (nSPS) is 13.3. The van der Waals surface area contributed by atoms with Gasteiger partial charge in [-0.25, -0.2) is 0 Å². The monoisotopic (exact) mass is 322 g/mol. The SMILES string of the molecule is CC(C)(C)C(=O)Nc1ccc2c(c1)C(=O)C(=O)c1cc(N)ccc1-2. The van der Waals surface area contributed by atoms with Crippen molar-refractivity contribution in [2.75, 3.05) is 11.1 Å². The fraction of sp³-hybridized carbons (Fsp3) is 0.211. The summed E-state index contributed by atoms with van der Waals surface area (Å²) < 4.78 is 0. The molecule has 24 heavy (non-hydrogen) atoms. The van der Waals surface area contributed by atoms with E-state index < -0.39 is 17.0 Å². The molecular formula is C19H18N2O3. The van der Waals surface area contributed by atoms with Crippen LogP contribution in [0.25, 0.3) is 11.1 Å². The van der Waals surface area contributed by atoms with Crippen LogP contribution in [-0.2, 0) is 4.79 Å². The number of nitrogens with two attached hydrogens (primary N) is 1. The minimum absolute atomic E-state index is 0.162. The van der Waals surface area contributed by atoms with Crippen molar-refractivity contribution < 1.29 is 14.4 Å². The quantitative estimate of drug-likeness (QED) is 0.623. The molecule has 122 valence electrons. The molecule has 0 aromatic heterocycles. The van der Waals surface area contributed by atoms with Gasteiger partial charge in [-0.05, 0) is 35.4 Å². The van der Waals surface area contributed by atoms with Crippen molar-refractivity contribution >= 4 is 28.8 Å². The maximum Gasteiger partial charge on any atom is 0.234 e. The second kappa shape index (κ2) is 5.30. The van der Waals surface area contributed by atoms with Gasteiger partial charge in [-0.2, -0.15) is 0 Å². The number of anilines is 2. The van der Waals surface area contributed by atoms with Crippen LogP contribution in [0.5, 0.6) is 0 Å². The molecule has 1 aliphatic rings. The van der Waals surface area contributed by atoms with Crippen LogP contribution in [-0.4, -0.2) is 17.5 Å². The van der Waals surface area contributed by atoms with E-state index in [9.17, 15) is 14.4 Å². The van der Waals surface area contributed by atoms with Crippen LogP contribution in [0.1, 0.15) is 41.5 Å². The second-order valence-corrected chi connectivity index (χ2v) is 6.93. The molecule has 0 radical (unpaired) electrons. The molecule has 0 atom stereocenters. The standard InChI is InChI=1S/C19H18N2O3/c1-19(2,3)18(24)21-11-5-7-13-12-6-4-10(20)8-14(12)16(22)17(23)15(13)9-11/h4-9H,20H2,1-3H3,(H,21,24). The van der Waals surface area contributed by atoms with Crippen molar-refractivity contribution in [3.05, 3.63) is 47.5 Å². The third-order valence-corrected chi connectivity index (χ3v) is 3.99. The van der Waals surface area contributed by atoms with Crippen LogP contribution in [0.3, 0.4) is 0 Å². The van der Waals surface area contributed by atoms with Gasteiger partial charge in [0.15, 0.2) is 0 Å². The molecule has 2 aromatic carbocycles. The molecule has 2 aromatic rings. The van der Waals surface area contributed by atoms with Gasteiger partial charge in [0.1, 0.15) is 0 Å². The highest BCUT2D eigenvalue weighted by Crippen LogP contribution is 2.36. The lowest BCUT2D eigenvalue weighted by atomic mass is 9.83. The molecule has 5 heteroatoms. The van der Waals surface area contributed by atoms with E-state index in [-0.39, 0.29) is 5.91 Å². The Bertz CT molecular complexity index is 892. The largest absolute Gasteiger partial charge is 0.399 e. The maximum atomic E-state index is 12.4. The average molecular weight is 322 g/mol. The van der Waals surface area contributed by atoms with Gasteiger partial charge in [0.05, 0.1) is 0 Å². The minimum Gasteiger partial charge on any atom is -0.399 e. The first-order chi connectivity index (χ1) is 11.2. The van der Waals surface area contributed by atoms with Crippen molar-refractivity contribution in [2.24, 2.45) is 5.41 Å². The van der Waals surface area contributed by atoms with Crippen molar-refractivity contribution in [3.63, 3.8) is 0 Å². The molecule has 0 aliphatic heterocycles. The van der Waals surface area contributed by atoms with Crippen LogP contribution in [0.2, 0.25) is 0 Å². The van der Waals surface area contributed by atoms with Gasteiger partial charge in [-0.15, -0.1) is 0 Å². The summed E-state index contributed by atoms with van der Waals surface area (Å²) in [7, 11) is 0. The zero-order valence-corrected chi connectivity index (χ0v) is 13.8. The first-order valence-corrected chi connectivity index (χ1v) is 7.63. The van der Waals surface area contributed by atoms with Crippen molar-refractivity contribution in [3.8, 4) is 11.1 Å². The third-order valence-electron chi connectivity index (χ3n) is 3.99. The van der Waals surface area contributed by atoms with E-state index >= 15 is 0 Å². The van der Waals surface area contributed by atoms with Crippen molar-refractivity contribution in [1.82, 2.24) is 0 Å². The second-order valence-electron chi connectivity index (χ2n) is 6.93. The van der Waals surface area contributed by atoms with E-state index in [1.54, 1.807) is 51.1 Å². The summed E-state index contributed by atoms with van der Waals surface area (Å²) in [6.07, 6.45) is 0. The molecule has 1 aliphatic carbocycles. The first-order valence-electron chi connectivity index (χ1n) is 7.63. The van der Waals surface area contributed by atoms with Gasteiger partial charge < -0.3 is 11.1 Å². The maximum absolute atomic E-state index is 12.4. The minimum atomic E-state index is -0.588. The number of fused-ring (bicyclic) bond motifs is 3. The lowest BCUT2D eigenvalue weighted by Gasteiger charge is -2.21. The molecule has 0 spiro atoms. The van der Waals surface area contributed by atoms with Crippen molar-refractivity contribution in [2.45, 2.75) is 20.8 Å². The van der Waals surface area contributed by atoms with Crippen molar-refractivity contribution in [1.29, 1.82) is 0 Å². The Morgan fingerprint density at radius 3 is 2.00 bits per heavy atom. The summed E-state index contributed by atoms with van der Waals surface area (Å²) in [6, 6.07) is 9.98. The van der Waals surface area contributed by atoms with E-state index in [0.29, 0.717) is 33.6 Å². The number of nitrogen functional groups attached to an aromatic ring is 1. The highest BCUT2D eigenvalue weighted by molar-refractivity contribution is 6.53. The van der Waals surface area contributed by atoms with Gasteiger partial charge >= 0.3 is 0 Å². The van der Waals surface area contributed by atoms with E-state index in [4.69, 9.17) is 5.73 Å². The molecule has 3 N–H and O–H groups in total. The summed E-state index contributed by atoms with van der Waals surface area (Å²) in [6.45, 7) is 5.40. The molecule has 5 nitrogen and oxygen atoms in total. The number of hydrogen-bond donors (Lipinski definition) is 2. The number of carbonyl (C=O) groups excluding carboxylic acids is 3. The summed E-state index contributed by atoms with van der Waals surface area (Å²) >= 11 is 0. The Morgan fingerprint density at radius 2 is 1.42 bits per heavy atom. The Hall–Kier alpha value is -2.95. The highest BCUT2D eigenvalue weighted by Gasteiger charge is 2.31. The number of nitrogens with one attached hydrogen (secondary N) is 1. The summed E-state index contributed by atoms with van der Waals surface area (Å²) in [5, 5.41) is 2.78. The molecule has 0 fully saturated rings. The summed E-state index contributed by atoms with van der Waals surface area (Å²) in [5.74, 6) is -1.33. The van der Waals surface area contributed by atoms with Crippen LogP contribution in [0, 0.1) is 5.41 Å². The van der Waals surface area contributed by atoms with Gasteiger partial charge in [0, 0.05) is 27.9 Å². The zero-order chi connectivity index (χ0) is 17.6. The Balaban J connectivity index is 2.08. The number of benzene rings is 2. The molecule has 0 unspecified atom stereocenters. The molecule has 0 heterocycles. The van der Waals surface area contributed by atoms with Crippen LogP contribution < -0.4 is 11.1 Å². The summed E-state index contributed by atoms with van der Waals surface area (Å²) in [5.41, 5.74) is 8.06. The third kappa shape index (κ3) is 2.58. The molecular weight excluding hydrogens is 304 g/mol. The molecule has 0 saturated carbocycles. The molecule has 1 amide bonds. The highest BCUT2D eigenvalue weighted by atomic mass is 16.2. The Labute approximate surface area is 139 Å². The number of amides is 1. The first kappa shape index (κ1) is 15.9. The number of hydrogen-bond acceptors (Lipinski definition) is 4. The summed E-state index contributed by atoms with van der Waals surface area (Å²) in [4.78, 5) is 36.9. The zero-order valence-electron chi connectivity index (χ0n) is 13.8. The smallest absolute Gasteiger partial charge is 0.234 e. The predicted molar refractivity (Wildman–Crippen MR) is 93.0 cm³/mol. The predicted octanol–water partition coefficient (Wildman–Crippen LogP) is 3.30. The molecule has 0 saturated heterocycles. The topological polar surface area (TPSA) is 89.3 Å². The number of Topliss-reactive ketones (excluding diaryl/α,β-unsaturated/α-hetero) is 2. The van der Waals surface area contributed by atoms with Gasteiger partial charge in [0.2, 0.25) is 17.5 Å². The van der Waals surface area contributed by atoms with E-state index in [1.165, 1.54) is 6.07 Å². The lowest BCUT2D eigenvalue weighted by Crippen LogP contribution is -2.28. The van der Waals surface area contributed by atoms with E-state index in [1.807, 2.05) is 0 Å². The fourth-order valence-corrected chi connectivity index (χ4v) is 2.59. The number of ketones is 2.